The van der Waals surface area contributed by atoms with Crippen LogP contribution in [0.1, 0.15) is 23.2 Å². The summed E-state index contributed by atoms with van der Waals surface area (Å²) in [5, 5.41) is 2.69. The number of imidazole rings is 1. The molecule has 0 bridgehead atoms. The predicted molar refractivity (Wildman–Crippen MR) is 82.3 cm³/mol. The summed E-state index contributed by atoms with van der Waals surface area (Å²) in [6.07, 6.45) is 5.40. The second kappa shape index (κ2) is 5.48. The number of allylic oxidation sites excluding steroid dienone is 1. The minimum atomic E-state index is -0.347. The maximum atomic E-state index is 12.9. The van der Waals surface area contributed by atoms with Crippen molar-refractivity contribution in [2.75, 3.05) is 5.32 Å². The summed E-state index contributed by atoms with van der Waals surface area (Å²) in [5.74, 6) is 0.0333. The van der Waals surface area contributed by atoms with Crippen LogP contribution in [-0.4, -0.2) is 20.4 Å². The van der Waals surface area contributed by atoms with Crippen LogP contribution in [0.3, 0.4) is 0 Å². The lowest BCUT2D eigenvalue weighted by molar-refractivity contribution is 0.102. The molecule has 0 aliphatic carbocycles. The molecule has 0 radical (unpaired) electrons. The van der Waals surface area contributed by atoms with Gasteiger partial charge in [-0.1, -0.05) is 6.58 Å². The van der Waals surface area contributed by atoms with E-state index in [1.807, 2.05) is 28.7 Å². The number of hydrogen-bond acceptors (Lipinski definition) is 3. The van der Waals surface area contributed by atoms with E-state index in [2.05, 4.69) is 16.9 Å². The van der Waals surface area contributed by atoms with E-state index in [9.17, 15) is 9.18 Å². The molecule has 1 aliphatic heterocycles. The standard InChI is InChI=1S/C16H15FN4O/c1-11(2)20-8-7-15-19-14(9-21(15)10-20)16(22)18-13-5-3-12(17)4-6-13/h3-9H,1,10H2,2H3,(H,18,22). The number of halogens is 1. The van der Waals surface area contributed by atoms with Crippen LogP contribution in [0.25, 0.3) is 6.08 Å². The van der Waals surface area contributed by atoms with Crippen LogP contribution in [0.5, 0.6) is 0 Å². The van der Waals surface area contributed by atoms with E-state index in [0.29, 0.717) is 23.9 Å². The first-order valence-electron chi connectivity index (χ1n) is 6.77. The third-order valence-corrected chi connectivity index (χ3v) is 3.34. The van der Waals surface area contributed by atoms with E-state index in [1.165, 1.54) is 24.3 Å². The van der Waals surface area contributed by atoms with Gasteiger partial charge in [0.25, 0.3) is 5.91 Å². The highest BCUT2D eigenvalue weighted by molar-refractivity contribution is 6.02. The van der Waals surface area contributed by atoms with Gasteiger partial charge in [0.2, 0.25) is 0 Å². The average Bonchev–Trinajstić information content (AvgIpc) is 2.92. The third kappa shape index (κ3) is 2.76. The molecule has 1 amide bonds. The smallest absolute Gasteiger partial charge is 0.275 e. The van der Waals surface area contributed by atoms with E-state index in [4.69, 9.17) is 0 Å². The second-order valence-corrected chi connectivity index (χ2v) is 5.08. The maximum Gasteiger partial charge on any atom is 0.275 e. The lowest BCUT2D eigenvalue weighted by atomic mass is 10.3. The van der Waals surface area contributed by atoms with Crippen LogP contribution in [0.15, 0.2) is 48.9 Å². The molecule has 2 aromatic rings. The number of anilines is 1. The number of carbonyl (C=O) groups is 1. The molecule has 2 heterocycles. The summed E-state index contributed by atoms with van der Waals surface area (Å²) in [7, 11) is 0. The lowest BCUT2D eigenvalue weighted by Gasteiger charge is -2.24. The number of aromatic nitrogens is 2. The van der Waals surface area contributed by atoms with Crippen molar-refractivity contribution in [1.29, 1.82) is 0 Å². The van der Waals surface area contributed by atoms with Crippen molar-refractivity contribution in [3.05, 3.63) is 66.3 Å². The van der Waals surface area contributed by atoms with Gasteiger partial charge in [0, 0.05) is 23.8 Å². The summed E-state index contributed by atoms with van der Waals surface area (Å²) in [4.78, 5) is 18.4. The van der Waals surface area contributed by atoms with Crippen LogP contribution in [0, 0.1) is 5.82 Å². The molecule has 3 rings (SSSR count). The fourth-order valence-corrected chi connectivity index (χ4v) is 2.13. The van der Waals surface area contributed by atoms with Gasteiger partial charge in [-0.25, -0.2) is 9.37 Å². The highest BCUT2D eigenvalue weighted by Gasteiger charge is 2.17. The fourth-order valence-electron chi connectivity index (χ4n) is 2.13. The molecule has 112 valence electrons. The van der Waals surface area contributed by atoms with Crippen molar-refractivity contribution < 1.29 is 9.18 Å². The van der Waals surface area contributed by atoms with Crippen molar-refractivity contribution in [2.24, 2.45) is 0 Å². The maximum absolute atomic E-state index is 12.9. The minimum absolute atomic E-state index is 0.313. The van der Waals surface area contributed by atoms with Gasteiger partial charge >= 0.3 is 0 Å². The quantitative estimate of drug-likeness (QED) is 0.947. The van der Waals surface area contributed by atoms with Gasteiger partial charge in [0.1, 0.15) is 17.3 Å². The van der Waals surface area contributed by atoms with E-state index < -0.39 is 0 Å². The Labute approximate surface area is 127 Å². The Kier molecular flexibility index (Phi) is 3.50. The second-order valence-electron chi connectivity index (χ2n) is 5.08. The molecule has 1 N–H and O–H groups in total. The molecule has 0 unspecified atom stereocenters. The van der Waals surface area contributed by atoms with Gasteiger partial charge < -0.3 is 14.8 Å². The number of amides is 1. The summed E-state index contributed by atoms with van der Waals surface area (Å²) >= 11 is 0. The average molecular weight is 298 g/mol. The first-order valence-corrected chi connectivity index (χ1v) is 6.77. The number of carbonyl (C=O) groups excluding carboxylic acids is 1. The zero-order chi connectivity index (χ0) is 15.7. The van der Waals surface area contributed by atoms with Crippen LogP contribution < -0.4 is 5.32 Å². The molecular formula is C16H15FN4O. The molecule has 5 nitrogen and oxygen atoms in total. The molecule has 0 spiro atoms. The first-order chi connectivity index (χ1) is 10.5. The summed E-state index contributed by atoms with van der Waals surface area (Å²) in [5.41, 5.74) is 1.75. The van der Waals surface area contributed by atoms with Gasteiger partial charge in [0.05, 0.1) is 6.67 Å². The van der Waals surface area contributed by atoms with E-state index in [0.717, 1.165) is 5.70 Å². The summed E-state index contributed by atoms with van der Waals surface area (Å²) < 4.78 is 14.7. The molecule has 22 heavy (non-hydrogen) atoms. The number of rotatable bonds is 3. The SMILES string of the molecule is C=C(C)N1C=Cc2nc(C(=O)Nc3ccc(F)cc3)cn2C1. The Morgan fingerprint density at radius 1 is 1.36 bits per heavy atom. The summed E-state index contributed by atoms with van der Waals surface area (Å²) in [6.45, 7) is 6.37. The predicted octanol–water partition coefficient (Wildman–Crippen LogP) is 3.05. The number of hydrogen-bond donors (Lipinski definition) is 1. The third-order valence-electron chi connectivity index (χ3n) is 3.34. The first kappa shape index (κ1) is 14.1. The lowest BCUT2D eigenvalue weighted by Crippen LogP contribution is -2.22. The Morgan fingerprint density at radius 3 is 2.77 bits per heavy atom. The normalized spacial score (nSPS) is 12.9. The van der Waals surface area contributed by atoms with Gasteiger partial charge in [-0.3, -0.25) is 4.79 Å². The van der Waals surface area contributed by atoms with Crippen molar-refractivity contribution in [1.82, 2.24) is 14.5 Å². The van der Waals surface area contributed by atoms with Crippen molar-refractivity contribution in [3.63, 3.8) is 0 Å². The van der Waals surface area contributed by atoms with Gasteiger partial charge in [-0.15, -0.1) is 0 Å². The van der Waals surface area contributed by atoms with Crippen molar-refractivity contribution in [3.8, 4) is 0 Å². The Balaban J connectivity index is 1.77. The minimum Gasteiger partial charge on any atom is -0.334 e. The topological polar surface area (TPSA) is 50.2 Å². The van der Waals surface area contributed by atoms with E-state index in [-0.39, 0.29) is 11.7 Å². The van der Waals surface area contributed by atoms with Crippen molar-refractivity contribution in [2.45, 2.75) is 13.6 Å². The number of fused-ring (bicyclic) bond motifs is 1. The number of benzene rings is 1. The molecule has 6 heteroatoms. The van der Waals surface area contributed by atoms with Crippen molar-refractivity contribution >= 4 is 17.7 Å². The number of nitrogens with one attached hydrogen (secondary N) is 1. The Morgan fingerprint density at radius 2 is 2.09 bits per heavy atom. The van der Waals surface area contributed by atoms with Crippen LogP contribution in [0.2, 0.25) is 0 Å². The van der Waals surface area contributed by atoms with Gasteiger partial charge in [0.15, 0.2) is 0 Å². The van der Waals surface area contributed by atoms with Crippen LogP contribution in [-0.2, 0) is 6.67 Å². The number of nitrogens with zero attached hydrogens (tertiary/aromatic N) is 3. The molecule has 0 saturated heterocycles. The van der Waals surface area contributed by atoms with Gasteiger partial charge in [-0.2, -0.15) is 0 Å². The molecule has 0 saturated carbocycles. The van der Waals surface area contributed by atoms with Crippen LogP contribution in [0.4, 0.5) is 10.1 Å². The largest absolute Gasteiger partial charge is 0.334 e. The van der Waals surface area contributed by atoms with E-state index in [1.54, 1.807) is 6.20 Å². The molecule has 0 atom stereocenters. The zero-order valence-electron chi connectivity index (χ0n) is 12.1. The molecule has 1 aromatic heterocycles. The summed E-state index contributed by atoms with van der Waals surface area (Å²) in [6, 6.07) is 5.60. The Bertz CT molecular complexity index is 761. The van der Waals surface area contributed by atoms with Crippen LogP contribution >= 0.6 is 0 Å². The highest BCUT2D eigenvalue weighted by atomic mass is 19.1. The fraction of sp³-hybridized carbons (Fsp3) is 0.125. The molecule has 0 fully saturated rings. The van der Waals surface area contributed by atoms with E-state index >= 15 is 0 Å². The highest BCUT2D eigenvalue weighted by Crippen LogP contribution is 2.17. The molecular weight excluding hydrogens is 283 g/mol. The molecule has 1 aromatic carbocycles. The Hall–Kier alpha value is -2.89. The monoisotopic (exact) mass is 298 g/mol. The molecule has 1 aliphatic rings. The van der Waals surface area contributed by atoms with Gasteiger partial charge in [-0.05, 0) is 37.3 Å². The zero-order valence-corrected chi connectivity index (χ0v) is 12.1.